The zero-order valence-corrected chi connectivity index (χ0v) is 21.3. The van der Waals surface area contributed by atoms with Gasteiger partial charge in [0.05, 0.1) is 10.0 Å². The summed E-state index contributed by atoms with van der Waals surface area (Å²) < 4.78 is 0. The van der Waals surface area contributed by atoms with E-state index in [1.165, 1.54) is 0 Å². The highest BCUT2D eigenvalue weighted by molar-refractivity contribution is 6.42. The van der Waals surface area contributed by atoms with Gasteiger partial charge in [-0.15, -0.1) is 0 Å². The van der Waals surface area contributed by atoms with Gasteiger partial charge in [-0.3, -0.25) is 14.5 Å². The first-order chi connectivity index (χ1) is 15.8. The van der Waals surface area contributed by atoms with E-state index < -0.39 is 0 Å². The Balaban J connectivity index is 1.39. The number of rotatable bonds is 8. The number of hydrogen-bond donors (Lipinski definition) is 0. The van der Waals surface area contributed by atoms with E-state index in [4.69, 9.17) is 23.2 Å². The second-order valence-electron chi connectivity index (χ2n) is 9.14. The van der Waals surface area contributed by atoms with Crippen LogP contribution in [0.4, 0.5) is 0 Å². The summed E-state index contributed by atoms with van der Waals surface area (Å²) in [5, 5.41) is 0.944. The SMILES string of the molecule is CC(C)N1CCN(CCCCN2CCN(C(=O)/C=C/c3ccc(Cl)c(Cl)c3)CCC2=O)CC1. The van der Waals surface area contributed by atoms with Crippen LogP contribution in [-0.2, 0) is 9.59 Å². The number of nitrogens with zero attached hydrogens (tertiary/aromatic N) is 4. The number of carbonyl (C=O) groups excluding carboxylic acids is 2. The van der Waals surface area contributed by atoms with Gasteiger partial charge in [-0.05, 0) is 57.0 Å². The molecule has 6 nitrogen and oxygen atoms in total. The Bertz CT molecular complexity index is 838. The zero-order valence-electron chi connectivity index (χ0n) is 19.8. The Kier molecular flexibility index (Phi) is 10.0. The summed E-state index contributed by atoms with van der Waals surface area (Å²) in [5.74, 6) is 0.0561. The number of piperazine rings is 1. The Hall–Kier alpha value is -1.60. The number of unbranched alkanes of at least 4 members (excludes halogenated alkanes) is 1. The molecule has 0 atom stereocenters. The van der Waals surface area contributed by atoms with Crippen molar-refractivity contribution in [1.29, 1.82) is 0 Å². The molecule has 0 spiro atoms. The van der Waals surface area contributed by atoms with Gasteiger partial charge in [0.15, 0.2) is 0 Å². The van der Waals surface area contributed by atoms with Crippen LogP contribution in [0.1, 0.15) is 38.7 Å². The highest BCUT2D eigenvalue weighted by atomic mass is 35.5. The topological polar surface area (TPSA) is 47.1 Å². The summed E-state index contributed by atoms with van der Waals surface area (Å²) in [6, 6.07) is 5.88. The molecule has 0 N–H and O–H groups in total. The van der Waals surface area contributed by atoms with Crippen LogP contribution in [0.5, 0.6) is 0 Å². The first kappa shape index (κ1) is 26.0. The predicted molar refractivity (Wildman–Crippen MR) is 136 cm³/mol. The molecule has 0 radical (unpaired) electrons. The Morgan fingerprint density at radius 3 is 2.39 bits per heavy atom. The maximum absolute atomic E-state index is 12.6. The summed E-state index contributed by atoms with van der Waals surface area (Å²) >= 11 is 12.0. The van der Waals surface area contributed by atoms with Crippen LogP contribution in [0.15, 0.2) is 24.3 Å². The summed E-state index contributed by atoms with van der Waals surface area (Å²) in [6.07, 6.45) is 5.75. The van der Waals surface area contributed by atoms with Crippen LogP contribution < -0.4 is 0 Å². The van der Waals surface area contributed by atoms with Crippen LogP contribution in [0, 0.1) is 0 Å². The standard InChI is InChI=1S/C25H36Cl2N4O2/c1-20(2)29-15-13-28(14-16-29)10-3-4-11-30-17-18-31(12-9-25(30)33)24(32)8-6-21-5-7-22(26)23(27)19-21/h5-8,19-20H,3-4,9-18H2,1-2H3/b8-6+. The van der Waals surface area contributed by atoms with Crippen LogP contribution in [0.3, 0.4) is 0 Å². The van der Waals surface area contributed by atoms with Gasteiger partial charge < -0.3 is 14.7 Å². The van der Waals surface area contributed by atoms with Crippen LogP contribution in [0.2, 0.25) is 10.0 Å². The summed E-state index contributed by atoms with van der Waals surface area (Å²) in [7, 11) is 0. The molecule has 0 aromatic heterocycles. The molecule has 0 unspecified atom stereocenters. The quantitative estimate of drug-likeness (QED) is 0.406. The molecule has 2 aliphatic rings. The highest BCUT2D eigenvalue weighted by Crippen LogP contribution is 2.23. The maximum Gasteiger partial charge on any atom is 0.246 e. The molecule has 2 fully saturated rings. The van der Waals surface area contributed by atoms with E-state index in [-0.39, 0.29) is 11.8 Å². The van der Waals surface area contributed by atoms with E-state index in [1.54, 1.807) is 29.2 Å². The largest absolute Gasteiger partial charge is 0.341 e. The van der Waals surface area contributed by atoms with E-state index in [0.717, 1.165) is 57.7 Å². The summed E-state index contributed by atoms with van der Waals surface area (Å²) in [5.41, 5.74) is 0.816. The first-order valence-corrected chi connectivity index (χ1v) is 12.8. The molecule has 33 heavy (non-hydrogen) atoms. The average molecular weight is 495 g/mol. The average Bonchev–Trinajstić information content (AvgIpc) is 2.99. The normalized spacial score (nSPS) is 19.0. The maximum atomic E-state index is 12.6. The second kappa shape index (κ2) is 12.7. The van der Waals surface area contributed by atoms with Crippen molar-refractivity contribution < 1.29 is 9.59 Å². The third-order valence-corrected chi connectivity index (χ3v) is 7.29. The van der Waals surface area contributed by atoms with Gasteiger partial charge in [-0.1, -0.05) is 29.3 Å². The fourth-order valence-corrected chi connectivity index (χ4v) is 4.66. The Morgan fingerprint density at radius 2 is 1.70 bits per heavy atom. The number of carbonyl (C=O) groups is 2. The van der Waals surface area contributed by atoms with Crippen LogP contribution in [0.25, 0.3) is 6.08 Å². The third-order valence-electron chi connectivity index (χ3n) is 6.55. The molecule has 0 bridgehead atoms. The van der Waals surface area contributed by atoms with Gasteiger partial charge in [0.2, 0.25) is 11.8 Å². The highest BCUT2D eigenvalue weighted by Gasteiger charge is 2.23. The van der Waals surface area contributed by atoms with Gasteiger partial charge in [-0.25, -0.2) is 0 Å². The predicted octanol–water partition coefficient (Wildman–Crippen LogP) is 3.87. The van der Waals surface area contributed by atoms with Crippen LogP contribution in [-0.4, -0.2) is 96.4 Å². The second-order valence-corrected chi connectivity index (χ2v) is 9.96. The molecule has 1 aromatic rings. The lowest BCUT2D eigenvalue weighted by atomic mass is 10.2. The molecule has 0 aliphatic carbocycles. The van der Waals surface area contributed by atoms with E-state index in [1.807, 2.05) is 11.0 Å². The number of hydrogen-bond acceptors (Lipinski definition) is 4. The molecular weight excluding hydrogens is 459 g/mol. The minimum atomic E-state index is -0.0868. The third kappa shape index (κ3) is 7.99. The first-order valence-electron chi connectivity index (χ1n) is 12.0. The molecular formula is C25H36Cl2N4O2. The van der Waals surface area contributed by atoms with Crippen LogP contribution >= 0.6 is 23.2 Å². The molecule has 182 valence electrons. The molecule has 3 rings (SSSR count). The van der Waals surface area contributed by atoms with Crippen molar-refractivity contribution in [1.82, 2.24) is 19.6 Å². The minimum Gasteiger partial charge on any atom is -0.341 e. The van der Waals surface area contributed by atoms with E-state index in [2.05, 4.69) is 23.6 Å². The van der Waals surface area contributed by atoms with Gasteiger partial charge in [0.1, 0.15) is 0 Å². The van der Waals surface area contributed by atoms with Gasteiger partial charge in [0, 0.05) is 70.9 Å². The fraction of sp³-hybridized carbons (Fsp3) is 0.600. The Labute approximate surface area is 208 Å². The van der Waals surface area contributed by atoms with Gasteiger partial charge >= 0.3 is 0 Å². The monoisotopic (exact) mass is 494 g/mol. The molecule has 2 saturated heterocycles. The minimum absolute atomic E-state index is 0.0868. The number of benzene rings is 1. The fourth-order valence-electron chi connectivity index (χ4n) is 4.35. The van der Waals surface area contributed by atoms with Crippen molar-refractivity contribution in [3.63, 3.8) is 0 Å². The lowest BCUT2D eigenvalue weighted by Crippen LogP contribution is -2.49. The van der Waals surface area contributed by atoms with Crippen molar-refractivity contribution in [2.24, 2.45) is 0 Å². The number of halogens is 2. The van der Waals surface area contributed by atoms with Crippen molar-refractivity contribution in [2.75, 3.05) is 58.9 Å². The molecule has 8 heteroatoms. The summed E-state index contributed by atoms with van der Waals surface area (Å²) in [6.45, 7) is 12.6. The molecule has 2 amide bonds. The molecule has 0 saturated carbocycles. The zero-order chi connectivity index (χ0) is 23.8. The van der Waals surface area contributed by atoms with Crippen molar-refractivity contribution in [3.05, 3.63) is 39.9 Å². The van der Waals surface area contributed by atoms with Gasteiger partial charge in [-0.2, -0.15) is 0 Å². The molecule has 2 aliphatic heterocycles. The van der Waals surface area contributed by atoms with E-state index in [9.17, 15) is 9.59 Å². The van der Waals surface area contributed by atoms with E-state index in [0.29, 0.717) is 42.1 Å². The van der Waals surface area contributed by atoms with Crippen molar-refractivity contribution in [3.8, 4) is 0 Å². The molecule has 1 aromatic carbocycles. The lowest BCUT2D eigenvalue weighted by Gasteiger charge is -2.37. The Morgan fingerprint density at radius 1 is 0.970 bits per heavy atom. The molecule has 2 heterocycles. The lowest BCUT2D eigenvalue weighted by molar-refractivity contribution is -0.130. The van der Waals surface area contributed by atoms with Gasteiger partial charge in [0.25, 0.3) is 0 Å². The van der Waals surface area contributed by atoms with Crippen molar-refractivity contribution >= 4 is 41.1 Å². The number of amides is 2. The van der Waals surface area contributed by atoms with E-state index >= 15 is 0 Å². The summed E-state index contributed by atoms with van der Waals surface area (Å²) in [4.78, 5) is 33.9. The van der Waals surface area contributed by atoms with Crippen molar-refractivity contribution in [2.45, 2.75) is 39.2 Å². The smallest absolute Gasteiger partial charge is 0.246 e.